The second kappa shape index (κ2) is 14.7. The second-order valence-corrected chi connectivity index (χ2v) is 25.1. The van der Waals surface area contributed by atoms with Crippen molar-refractivity contribution in [3.05, 3.63) is 47.1 Å². The van der Waals surface area contributed by atoms with Crippen molar-refractivity contribution in [1.29, 1.82) is 0 Å². The zero-order valence-corrected chi connectivity index (χ0v) is 27.6. The van der Waals surface area contributed by atoms with E-state index in [2.05, 4.69) is 45.0 Å². The number of hydrogen-bond donors (Lipinski definition) is 1. The van der Waals surface area contributed by atoms with E-state index in [1.807, 2.05) is 12.1 Å². The van der Waals surface area contributed by atoms with Crippen molar-refractivity contribution in [3.63, 3.8) is 0 Å². The quantitative estimate of drug-likeness (QED) is 0.118. The van der Waals surface area contributed by atoms with Crippen LogP contribution >= 0.6 is 24.0 Å². The minimum absolute atomic E-state index is 0.269. The third-order valence-corrected chi connectivity index (χ3v) is 24.4. The molecule has 1 fully saturated rings. The summed E-state index contributed by atoms with van der Waals surface area (Å²) < 4.78 is 12.3. The summed E-state index contributed by atoms with van der Waals surface area (Å²) in [5.74, 6) is -0.0847. The summed E-state index contributed by atoms with van der Waals surface area (Å²) >= 11 is 3.89. The maximum absolute atomic E-state index is 13.0. The molecule has 8 heteroatoms. The fraction of sp³-hybridized carbons (Fsp3) is 0.500. The first kappa shape index (κ1) is 31.0. The number of carboxylic acids is 1. The van der Waals surface area contributed by atoms with Gasteiger partial charge in [0, 0.05) is 0 Å². The van der Waals surface area contributed by atoms with Crippen LogP contribution in [0.5, 0.6) is 0 Å². The first-order valence-electron chi connectivity index (χ1n) is 14.0. The molecule has 1 atom stereocenters. The average molecular weight is 663 g/mol. The van der Waals surface area contributed by atoms with E-state index in [9.17, 15) is 14.7 Å². The Hall–Kier alpha value is -1.58. The molecule has 0 spiro atoms. The van der Waals surface area contributed by atoms with Crippen molar-refractivity contribution >= 4 is 68.2 Å². The van der Waals surface area contributed by atoms with Gasteiger partial charge in [-0.2, -0.15) is 0 Å². The van der Waals surface area contributed by atoms with Crippen LogP contribution < -0.4 is 3.58 Å². The maximum atomic E-state index is 13.0. The van der Waals surface area contributed by atoms with Gasteiger partial charge >= 0.3 is 226 Å². The molecule has 0 bridgehead atoms. The number of amides is 1. The van der Waals surface area contributed by atoms with Crippen LogP contribution in [0.15, 0.2) is 45.7 Å². The number of carbonyl (C=O) groups is 2. The Morgan fingerprint density at radius 3 is 2.24 bits per heavy atom. The number of nitrogens with zero attached hydrogens (tertiary/aromatic N) is 1. The van der Waals surface area contributed by atoms with Crippen LogP contribution in [-0.2, 0) is 9.59 Å². The molecule has 1 aromatic carbocycles. The van der Waals surface area contributed by atoms with Crippen LogP contribution in [0.25, 0.3) is 17.4 Å². The summed E-state index contributed by atoms with van der Waals surface area (Å²) in [6.07, 6.45) is 9.65. The zero-order valence-electron chi connectivity index (χ0n) is 23.1. The van der Waals surface area contributed by atoms with Gasteiger partial charge in [-0.15, -0.1) is 0 Å². The molecule has 1 saturated heterocycles. The molecular formula is C30H41NO4S2Sn. The number of hydrogen-bond acceptors (Lipinski definition) is 5. The summed E-state index contributed by atoms with van der Waals surface area (Å²) in [5, 5.41) is 9.50. The minimum atomic E-state index is -2.57. The molecule has 5 nitrogen and oxygen atoms in total. The molecule has 1 aromatic heterocycles. The number of thioether (sulfide) groups is 1. The molecule has 1 aliphatic rings. The number of furan rings is 1. The number of unbranched alkanes of at least 4 members (excludes halogenated alkanes) is 3. The number of benzene rings is 1. The van der Waals surface area contributed by atoms with E-state index in [-0.39, 0.29) is 16.6 Å². The summed E-state index contributed by atoms with van der Waals surface area (Å²) in [7, 11) is 0. The molecule has 2 heterocycles. The van der Waals surface area contributed by atoms with Crippen molar-refractivity contribution in [2.75, 3.05) is 0 Å². The molecular weight excluding hydrogens is 621 g/mol. The molecule has 1 unspecified atom stereocenters. The fourth-order valence-electron chi connectivity index (χ4n) is 5.29. The van der Waals surface area contributed by atoms with Crippen molar-refractivity contribution in [3.8, 4) is 11.3 Å². The predicted molar refractivity (Wildman–Crippen MR) is 165 cm³/mol. The van der Waals surface area contributed by atoms with Gasteiger partial charge in [-0.1, -0.05) is 6.92 Å². The molecule has 206 valence electrons. The third kappa shape index (κ3) is 7.33. The van der Waals surface area contributed by atoms with Gasteiger partial charge < -0.3 is 5.11 Å². The van der Waals surface area contributed by atoms with Crippen LogP contribution in [-0.4, -0.2) is 50.6 Å². The number of carboxylic acid groups (broad SMARTS) is 1. The molecule has 0 aliphatic carbocycles. The zero-order chi connectivity index (χ0) is 27.7. The molecule has 0 saturated carbocycles. The van der Waals surface area contributed by atoms with Gasteiger partial charge in [0.2, 0.25) is 0 Å². The van der Waals surface area contributed by atoms with Gasteiger partial charge in [0.15, 0.2) is 0 Å². The SMILES string of the molecule is CCC[CH2][Sn]([CH2]CCC)([CH2]CCC)[c]1cccc(-c2ccc(/C=C3\SC(=S)N(C(CC)C(=O)O)C3=O)o2)c1. The number of thiocarbonyl (C=S) groups is 1. The van der Waals surface area contributed by atoms with E-state index >= 15 is 0 Å². The van der Waals surface area contributed by atoms with Crippen molar-refractivity contribution < 1.29 is 19.1 Å². The Kier molecular flexibility index (Phi) is 12.0. The summed E-state index contributed by atoms with van der Waals surface area (Å²) in [4.78, 5) is 26.2. The van der Waals surface area contributed by atoms with Crippen LogP contribution in [0.3, 0.4) is 0 Å². The molecule has 0 radical (unpaired) electrons. The molecule has 1 aliphatic heterocycles. The van der Waals surface area contributed by atoms with Crippen molar-refractivity contribution in [2.24, 2.45) is 0 Å². The number of carbonyl (C=O) groups excluding carboxylic acids is 1. The Balaban J connectivity index is 1.90. The van der Waals surface area contributed by atoms with Gasteiger partial charge in [-0.05, 0) is 0 Å². The van der Waals surface area contributed by atoms with E-state index in [0.29, 0.717) is 10.7 Å². The van der Waals surface area contributed by atoms with Crippen LogP contribution in [0.4, 0.5) is 0 Å². The van der Waals surface area contributed by atoms with Crippen LogP contribution in [0.1, 0.15) is 78.4 Å². The second-order valence-electron chi connectivity index (χ2n) is 10.2. The Bertz CT molecular complexity index is 1140. The standard InChI is InChI=1S/C18H14NO4S2.3C4H9.Sn/c1-2-13(17(21)22)19-16(20)15(25-18(19)24)10-12-8-9-14(23-12)11-6-4-3-5-7-11;3*1-3-4-2;/h3-4,6-10,13H,2H2,1H3,(H,21,22);3*1,3-4H2,2H3;/b15-10-;;;;. The van der Waals surface area contributed by atoms with Gasteiger partial charge in [-0.25, -0.2) is 4.79 Å². The average Bonchev–Trinajstić information content (AvgIpc) is 3.49. The summed E-state index contributed by atoms with van der Waals surface area (Å²) in [6.45, 7) is 8.64. The summed E-state index contributed by atoms with van der Waals surface area (Å²) in [5.41, 5.74) is 1.08. The van der Waals surface area contributed by atoms with E-state index in [1.165, 1.54) is 56.7 Å². The first-order chi connectivity index (χ1) is 18.3. The topological polar surface area (TPSA) is 70.8 Å². The number of aliphatic carboxylic acids is 1. The first-order valence-corrected chi connectivity index (χ1v) is 22.7. The fourth-order valence-corrected chi connectivity index (χ4v) is 22.7. The van der Waals surface area contributed by atoms with E-state index in [4.69, 9.17) is 16.6 Å². The van der Waals surface area contributed by atoms with E-state index in [1.54, 1.807) is 16.6 Å². The molecule has 1 N–H and O–H groups in total. The Labute approximate surface area is 241 Å². The van der Waals surface area contributed by atoms with Gasteiger partial charge in [0.1, 0.15) is 0 Å². The van der Waals surface area contributed by atoms with E-state index in [0.717, 1.165) is 23.1 Å². The van der Waals surface area contributed by atoms with Gasteiger partial charge in [0.25, 0.3) is 0 Å². The molecule has 1 amide bonds. The summed E-state index contributed by atoms with van der Waals surface area (Å²) in [6, 6.07) is 11.9. The van der Waals surface area contributed by atoms with E-state index < -0.39 is 30.4 Å². The molecule has 38 heavy (non-hydrogen) atoms. The Morgan fingerprint density at radius 2 is 1.68 bits per heavy atom. The third-order valence-electron chi connectivity index (χ3n) is 7.49. The molecule has 3 rings (SSSR count). The van der Waals surface area contributed by atoms with Crippen LogP contribution in [0.2, 0.25) is 13.3 Å². The number of rotatable bonds is 15. The molecule has 2 aromatic rings. The van der Waals surface area contributed by atoms with Crippen LogP contribution in [0, 0.1) is 0 Å². The Morgan fingerprint density at radius 1 is 1.05 bits per heavy atom. The van der Waals surface area contributed by atoms with Gasteiger partial charge in [0.05, 0.1) is 0 Å². The van der Waals surface area contributed by atoms with Crippen molar-refractivity contribution in [1.82, 2.24) is 4.90 Å². The predicted octanol–water partition coefficient (Wildman–Crippen LogP) is 8.07. The normalized spacial score (nSPS) is 16.0. The van der Waals surface area contributed by atoms with Gasteiger partial charge in [-0.3, -0.25) is 0 Å². The van der Waals surface area contributed by atoms with Crippen molar-refractivity contribution in [2.45, 2.75) is 92.0 Å². The monoisotopic (exact) mass is 663 g/mol.